The maximum Gasteiger partial charge on any atom is 0.155 e. The lowest BCUT2D eigenvalue weighted by Crippen LogP contribution is -1.89. The Morgan fingerprint density at radius 2 is 1.91 bits per heavy atom. The van der Waals surface area contributed by atoms with Crippen LogP contribution in [-0.4, -0.2) is 14.6 Å². The quantitative estimate of drug-likeness (QED) is 0.479. The first-order valence-electron chi connectivity index (χ1n) is 6.97. The van der Waals surface area contributed by atoms with Crippen LogP contribution in [0.25, 0.3) is 16.2 Å². The number of aromatic nitrogens is 3. The normalized spacial score (nSPS) is 10.5. The predicted molar refractivity (Wildman–Crippen MR) is 93.7 cm³/mol. The van der Waals surface area contributed by atoms with Crippen molar-refractivity contribution >= 4 is 28.6 Å². The molecule has 0 fully saturated rings. The van der Waals surface area contributed by atoms with E-state index in [1.165, 1.54) is 0 Å². The Labute approximate surface area is 142 Å². The molecule has 0 saturated heterocycles. The van der Waals surface area contributed by atoms with Gasteiger partial charge in [0, 0.05) is 17.8 Å². The van der Waals surface area contributed by atoms with Crippen molar-refractivity contribution in [1.29, 1.82) is 0 Å². The van der Waals surface area contributed by atoms with Crippen LogP contribution < -0.4 is 0 Å². The maximum atomic E-state index is 6.12. The number of hydrogen-bond acceptors (Lipinski definition) is 3. The van der Waals surface area contributed by atoms with Gasteiger partial charge in [-0.2, -0.15) is 5.10 Å². The van der Waals surface area contributed by atoms with Gasteiger partial charge in [-0.05, 0) is 30.3 Å². The molecule has 0 N–H and O–H groups in total. The van der Waals surface area contributed by atoms with Crippen LogP contribution >= 0.6 is 22.9 Å². The zero-order valence-corrected chi connectivity index (χ0v) is 13.5. The molecule has 4 rings (SSSR count). The van der Waals surface area contributed by atoms with Gasteiger partial charge in [0.25, 0.3) is 0 Å². The molecular weight excluding hydrogens is 326 g/mol. The second-order valence-corrected chi connectivity index (χ2v) is 6.33. The van der Waals surface area contributed by atoms with Crippen LogP contribution in [-0.2, 0) is 0 Å². The van der Waals surface area contributed by atoms with E-state index in [4.69, 9.17) is 11.6 Å². The highest BCUT2D eigenvalue weighted by molar-refractivity contribution is 7.16. The third-order valence-electron chi connectivity index (χ3n) is 3.31. The van der Waals surface area contributed by atoms with Crippen molar-refractivity contribution < 1.29 is 0 Å². The molecule has 3 aromatic heterocycles. The van der Waals surface area contributed by atoms with E-state index >= 15 is 0 Å². The van der Waals surface area contributed by atoms with Crippen molar-refractivity contribution in [1.82, 2.24) is 14.6 Å². The smallest absolute Gasteiger partial charge is 0.155 e. The number of fused-ring (bicyclic) bond motifs is 1. The van der Waals surface area contributed by atoms with Crippen LogP contribution in [0.1, 0.15) is 10.4 Å². The highest BCUT2D eigenvalue weighted by Gasteiger charge is 2.05. The Hall–Kier alpha value is -2.61. The predicted octanol–water partition coefficient (Wildman–Crippen LogP) is 4.51. The molecule has 4 aromatic rings. The molecule has 3 nitrogen and oxygen atoms in total. The van der Waals surface area contributed by atoms with Crippen molar-refractivity contribution in [2.45, 2.75) is 0 Å². The molecule has 0 aliphatic carbocycles. The van der Waals surface area contributed by atoms with Gasteiger partial charge in [0.2, 0.25) is 0 Å². The summed E-state index contributed by atoms with van der Waals surface area (Å²) < 4.78 is 1.75. The Morgan fingerprint density at radius 3 is 2.83 bits per heavy atom. The molecule has 110 valence electrons. The van der Waals surface area contributed by atoms with E-state index < -0.39 is 0 Å². The molecule has 0 spiro atoms. The highest BCUT2D eigenvalue weighted by Crippen LogP contribution is 2.26. The number of thiophene rings is 1. The number of nitrogens with zero attached hydrogens (tertiary/aromatic N) is 3. The zero-order chi connectivity index (χ0) is 15.6. The largest absolute Gasteiger partial charge is 0.228 e. The van der Waals surface area contributed by atoms with Gasteiger partial charge in [0.05, 0.1) is 26.7 Å². The summed E-state index contributed by atoms with van der Waals surface area (Å²) in [5.41, 5.74) is 2.59. The number of benzene rings is 1. The van der Waals surface area contributed by atoms with Gasteiger partial charge < -0.3 is 0 Å². The van der Waals surface area contributed by atoms with E-state index in [9.17, 15) is 0 Å². The summed E-state index contributed by atoms with van der Waals surface area (Å²) >= 11 is 7.73. The van der Waals surface area contributed by atoms with E-state index in [1.807, 2.05) is 54.7 Å². The SMILES string of the molecule is Clc1ccccc1C#Cc1ccc(-c2ccn3nccc3n2)s1. The fourth-order valence-electron chi connectivity index (χ4n) is 2.18. The second-order valence-electron chi connectivity index (χ2n) is 4.84. The Kier molecular flexibility index (Phi) is 3.58. The first-order chi connectivity index (χ1) is 11.3. The molecule has 0 amide bonds. The van der Waals surface area contributed by atoms with Crippen molar-refractivity contribution in [2.24, 2.45) is 0 Å². The van der Waals surface area contributed by atoms with Crippen LogP contribution in [0, 0.1) is 11.8 Å². The average molecular weight is 336 g/mol. The molecule has 0 unspecified atom stereocenters. The minimum absolute atomic E-state index is 0.671. The number of halogens is 1. The Balaban J connectivity index is 1.66. The van der Waals surface area contributed by atoms with E-state index in [0.29, 0.717) is 5.02 Å². The Morgan fingerprint density at radius 1 is 1.00 bits per heavy atom. The topological polar surface area (TPSA) is 30.2 Å². The third kappa shape index (κ3) is 2.85. The van der Waals surface area contributed by atoms with Crippen molar-refractivity contribution in [3.63, 3.8) is 0 Å². The standard InChI is InChI=1S/C18H10ClN3S/c19-15-4-2-1-3-13(15)5-6-14-7-8-17(23-14)16-10-12-22-18(21-16)9-11-20-22/h1-4,7-12H. The van der Waals surface area contributed by atoms with Crippen molar-refractivity contribution in [2.75, 3.05) is 0 Å². The molecule has 0 aliphatic heterocycles. The van der Waals surface area contributed by atoms with E-state index in [1.54, 1.807) is 22.0 Å². The van der Waals surface area contributed by atoms with E-state index in [0.717, 1.165) is 26.7 Å². The van der Waals surface area contributed by atoms with Crippen molar-refractivity contribution in [3.05, 3.63) is 76.4 Å². The fraction of sp³-hybridized carbons (Fsp3) is 0. The molecule has 0 radical (unpaired) electrons. The average Bonchev–Trinajstić information content (AvgIpc) is 3.22. The first kappa shape index (κ1) is 14.0. The molecule has 1 aromatic carbocycles. The molecule has 5 heteroatoms. The molecule has 0 bridgehead atoms. The maximum absolute atomic E-state index is 6.12. The minimum atomic E-state index is 0.671. The molecule has 3 heterocycles. The van der Waals surface area contributed by atoms with Crippen LogP contribution in [0.4, 0.5) is 0 Å². The summed E-state index contributed by atoms with van der Waals surface area (Å²) in [5, 5.41) is 4.82. The minimum Gasteiger partial charge on any atom is -0.228 e. The lowest BCUT2D eigenvalue weighted by Gasteiger charge is -1.97. The first-order valence-corrected chi connectivity index (χ1v) is 8.16. The number of rotatable bonds is 1. The van der Waals surface area contributed by atoms with Gasteiger partial charge in [-0.3, -0.25) is 0 Å². The van der Waals surface area contributed by atoms with E-state index in [2.05, 4.69) is 21.9 Å². The summed E-state index contributed by atoms with van der Waals surface area (Å²) in [6, 6.07) is 15.5. The molecule has 0 saturated carbocycles. The van der Waals surface area contributed by atoms with Gasteiger partial charge in [-0.25, -0.2) is 9.50 Å². The fourth-order valence-corrected chi connectivity index (χ4v) is 3.20. The third-order valence-corrected chi connectivity index (χ3v) is 4.66. The van der Waals surface area contributed by atoms with Crippen LogP contribution in [0.5, 0.6) is 0 Å². The lowest BCUT2D eigenvalue weighted by molar-refractivity contribution is 0.941. The highest BCUT2D eigenvalue weighted by atomic mass is 35.5. The van der Waals surface area contributed by atoms with Gasteiger partial charge in [0.15, 0.2) is 5.65 Å². The van der Waals surface area contributed by atoms with Crippen LogP contribution in [0.2, 0.25) is 5.02 Å². The van der Waals surface area contributed by atoms with E-state index in [-0.39, 0.29) is 0 Å². The summed E-state index contributed by atoms with van der Waals surface area (Å²) in [6.45, 7) is 0. The van der Waals surface area contributed by atoms with Crippen LogP contribution in [0.15, 0.2) is 60.9 Å². The molecule has 23 heavy (non-hydrogen) atoms. The summed E-state index contributed by atoms with van der Waals surface area (Å²) in [7, 11) is 0. The molecular formula is C18H10ClN3S. The summed E-state index contributed by atoms with van der Waals surface area (Å²) in [6.07, 6.45) is 3.65. The number of hydrogen-bond donors (Lipinski definition) is 0. The zero-order valence-electron chi connectivity index (χ0n) is 11.9. The van der Waals surface area contributed by atoms with Gasteiger partial charge >= 0.3 is 0 Å². The summed E-state index contributed by atoms with van der Waals surface area (Å²) in [5.74, 6) is 6.28. The monoisotopic (exact) mass is 335 g/mol. The van der Waals surface area contributed by atoms with Crippen molar-refractivity contribution in [3.8, 4) is 22.4 Å². The second kappa shape index (κ2) is 5.88. The van der Waals surface area contributed by atoms with Gasteiger partial charge in [-0.1, -0.05) is 35.6 Å². The molecule has 0 aliphatic rings. The van der Waals surface area contributed by atoms with Gasteiger partial charge in [-0.15, -0.1) is 11.3 Å². The van der Waals surface area contributed by atoms with Gasteiger partial charge in [0.1, 0.15) is 0 Å². The lowest BCUT2D eigenvalue weighted by atomic mass is 10.2. The van der Waals surface area contributed by atoms with Crippen LogP contribution in [0.3, 0.4) is 0 Å². The molecule has 0 atom stereocenters. The Bertz CT molecular complexity index is 1050. The summed E-state index contributed by atoms with van der Waals surface area (Å²) in [4.78, 5) is 6.66.